The molecule has 1 fully saturated rings. The van der Waals surface area contributed by atoms with Crippen LogP contribution in [0.5, 0.6) is 0 Å². The molecule has 0 aromatic heterocycles. The Kier molecular flexibility index (Phi) is 2.23. The van der Waals surface area contributed by atoms with Crippen molar-refractivity contribution in [2.45, 2.75) is 6.03 Å². The maximum atomic E-state index is 10.8. The van der Waals surface area contributed by atoms with Crippen LogP contribution in [-0.4, -0.2) is 21.7 Å². The van der Waals surface area contributed by atoms with E-state index in [1.165, 1.54) is 0 Å². The molecular weight excluding hydrogens is 210 g/mol. The van der Waals surface area contributed by atoms with Crippen LogP contribution in [0.25, 0.3) is 0 Å². The van der Waals surface area contributed by atoms with Crippen molar-refractivity contribution in [1.82, 2.24) is 0 Å². The van der Waals surface area contributed by atoms with Crippen molar-refractivity contribution in [3.63, 3.8) is 0 Å². The van der Waals surface area contributed by atoms with E-state index in [2.05, 4.69) is 9.05 Å². The van der Waals surface area contributed by atoms with Crippen LogP contribution in [-0.2, 0) is 18.2 Å². The maximum absolute atomic E-state index is 10.8. The monoisotopic (exact) mass is 218 g/mol. The lowest BCUT2D eigenvalue weighted by Gasteiger charge is -2.33. The second kappa shape index (κ2) is 2.60. The van der Waals surface area contributed by atoms with Gasteiger partial charge >= 0.3 is 21.2 Å². The van der Waals surface area contributed by atoms with Crippen LogP contribution in [0, 0.1) is 0 Å². The van der Waals surface area contributed by atoms with Crippen LogP contribution in [0.15, 0.2) is 0 Å². The highest BCUT2D eigenvalue weighted by Crippen LogP contribution is 2.64. The van der Waals surface area contributed by atoms with Crippen LogP contribution >= 0.6 is 15.2 Å². The molecule has 12 heavy (non-hydrogen) atoms. The predicted octanol–water partition coefficient (Wildman–Crippen LogP) is -1.11. The first-order chi connectivity index (χ1) is 5.12. The zero-order chi connectivity index (χ0) is 9.62. The zero-order valence-electron chi connectivity index (χ0n) is 5.78. The lowest BCUT2D eigenvalue weighted by molar-refractivity contribution is -0.120. The quantitative estimate of drug-likeness (QED) is 0.295. The minimum atomic E-state index is -4.22. The molecular formula is C2H8N2O6P2. The topological polar surface area (TPSA) is 145 Å². The van der Waals surface area contributed by atoms with E-state index in [4.69, 9.17) is 21.3 Å². The van der Waals surface area contributed by atoms with Gasteiger partial charge in [-0.1, -0.05) is 0 Å². The molecule has 0 spiro atoms. The Balaban J connectivity index is 2.96. The zero-order valence-corrected chi connectivity index (χ0v) is 7.57. The fraction of sp³-hybridized carbons (Fsp3) is 1.00. The molecule has 0 aliphatic carbocycles. The lowest BCUT2D eigenvalue weighted by Crippen LogP contribution is -2.54. The second-order valence-electron chi connectivity index (χ2n) is 2.32. The van der Waals surface area contributed by atoms with Gasteiger partial charge in [-0.3, -0.25) is 20.6 Å². The molecule has 10 heteroatoms. The number of hydrogen-bond donors (Lipinski definition) is 4. The SMILES string of the molecule is NC1(N)OP(=O)(O)CP(=O)(O)O1. The van der Waals surface area contributed by atoms with Crippen molar-refractivity contribution < 1.29 is 28.0 Å². The summed E-state index contributed by atoms with van der Waals surface area (Å²) in [4.78, 5) is 17.6. The number of nitrogens with two attached hydrogens (primary N) is 2. The van der Waals surface area contributed by atoms with Crippen molar-refractivity contribution in [3.8, 4) is 0 Å². The molecule has 6 N–H and O–H groups in total. The highest BCUT2D eigenvalue weighted by Gasteiger charge is 2.49. The summed E-state index contributed by atoms with van der Waals surface area (Å²) in [6, 6.07) is -2.48. The Morgan fingerprint density at radius 2 is 1.50 bits per heavy atom. The van der Waals surface area contributed by atoms with Crippen molar-refractivity contribution in [2.24, 2.45) is 11.5 Å². The van der Waals surface area contributed by atoms with Gasteiger partial charge in [-0.05, 0) is 0 Å². The first kappa shape index (κ1) is 10.3. The summed E-state index contributed by atoms with van der Waals surface area (Å²) < 4.78 is 29.9. The van der Waals surface area contributed by atoms with Crippen molar-refractivity contribution in [1.29, 1.82) is 0 Å². The van der Waals surface area contributed by atoms with Gasteiger partial charge in [0.2, 0.25) is 0 Å². The van der Waals surface area contributed by atoms with Crippen LogP contribution in [0.2, 0.25) is 0 Å². The molecule has 1 aliphatic rings. The van der Waals surface area contributed by atoms with E-state index in [-0.39, 0.29) is 0 Å². The fourth-order valence-electron chi connectivity index (χ4n) is 0.746. The Hall–Kier alpha value is 0.220. The van der Waals surface area contributed by atoms with Gasteiger partial charge in [-0.25, -0.2) is 9.05 Å². The van der Waals surface area contributed by atoms with Gasteiger partial charge in [0.25, 0.3) is 0 Å². The first-order valence-corrected chi connectivity index (χ1v) is 6.27. The van der Waals surface area contributed by atoms with Gasteiger partial charge in [0.15, 0.2) is 5.90 Å². The third-order valence-corrected chi connectivity index (χ3v) is 4.93. The lowest BCUT2D eigenvalue weighted by atomic mass is 11.0. The van der Waals surface area contributed by atoms with Crippen molar-refractivity contribution in [3.05, 3.63) is 0 Å². The van der Waals surface area contributed by atoms with E-state index in [0.717, 1.165) is 0 Å². The van der Waals surface area contributed by atoms with Crippen molar-refractivity contribution in [2.75, 3.05) is 5.90 Å². The largest absolute Gasteiger partial charge is 0.344 e. The third kappa shape index (κ3) is 2.62. The van der Waals surface area contributed by atoms with E-state index in [9.17, 15) is 9.13 Å². The van der Waals surface area contributed by atoms with Gasteiger partial charge in [0.05, 0.1) is 0 Å². The van der Waals surface area contributed by atoms with Gasteiger partial charge in [0.1, 0.15) is 0 Å². The van der Waals surface area contributed by atoms with Crippen LogP contribution < -0.4 is 11.5 Å². The fourth-order valence-corrected chi connectivity index (χ4v) is 4.04. The minimum Gasteiger partial charge on any atom is -0.324 e. The summed E-state index contributed by atoms with van der Waals surface area (Å²) >= 11 is 0. The Morgan fingerprint density at radius 3 is 1.75 bits per heavy atom. The molecule has 2 atom stereocenters. The molecule has 0 saturated carbocycles. The average Bonchev–Trinajstić information content (AvgIpc) is 1.44. The van der Waals surface area contributed by atoms with Gasteiger partial charge in [-0.2, -0.15) is 0 Å². The summed E-state index contributed by atoms with van der Waals surface area (Å²) in [6.07, 6.45) is 0. The average molecular weight is 218 g/mol. The highest BCUT2D eigenvalue weighted by molar-refractivity contribution is 7.70. The molecule has 0 bridgehead atoms. The standard InChI is InChI=1S/C2H8N2O6P2/c3-2(4)9-11(5,6)1-12(7,8)10-2/h1,3-4H2,(H,5,6)(H,7,8). The summed E-state index contributed by atoms with van der Waals surface area (Å²) in [7, 11) is -8.44. The van der Waals surface area contributed by atoms with Crippen LogP contribution in [0.3, 0.4) is 0 Å². The molecule has 1 aliphatic heterocycles. The normalized spacial score (nSPS) is 47.3. The second-order valence-corrected chi connectivity index (χ2v) is 6.37. The predicted molar refractivity (Wildman–Crippen MR) is 37.8 cm³/mol. The molecule has 0 aromatic carbocycles. The highest BCUT2D eigenvalue weighted by atomic mass is 31.2. The van der Waals surface area contributed by atoms with Gasteiger partial charge < -0.3 is 9.79 Å². The molecule has 1 rings (SSSR count). The van der Waals surface area contributed by atoms with E-state index >= 15 is 0 Å². The summed E-state index contributed by atoms with van der Waals surface area (Å²) in [5.41, 5.74) is 9.80. The molecule has 0 amide bonds. The van der Waals surface area contributed by atoms with Gasteiger partial charge in [-0.15, -0.1) is 0 Å². The first-order valence-electron chi connectivity index (χ1n) is 2.75. The smallest absolute Gasteiger partial charge is 0.324 e. The van der Waals surface area contributed by atoms with E-state index in [1.54, 1.807) is 0 Å². The van der Waals surface area contributed by atoms with E-state index < -0.39 is 27.1 Å². The Morgan fingerprint density at radius 1 is 1.17 bits per heavy atom. The minimum absolute atomic E-state index is 1.00. The molecule has 0 radical (unpaired) electrons. The molecule has 1 heterocycles. The number of hydrogen-bond acceptors (Lipinski definition) is 6. The van der Waals surface area contributed by atoms with E-state index in [1.807, 2.05) is 0 Å². The molecule has 1 saturated heterocycles. The van der Waals surface area contributed by atoms with E-state index in [0.29, 0.717) is 0 Å². The Labute approximate surface area is 67.5 Å². The molecule has 0 aromatic rings. The molecule has 72 valence electrons. The van der Waals surface area contributed by atoms with Crippen molar-refractivity contribution >= 4 is 15.2 Å². The summed E-state index contributed by atoms with van der Waals surface area (Å²) in [5.74, 6) is -1.00. The molecule has 8 nitrogen and oxygen atoms in total. The number of rotatable bonds is 0. The maximum Gasteiger partial charge on any atom is 0.344 e. The Bertz CT molecular complexity index is 261. The molecule has 2 unspecified atom stereocenters. The van der Waals surface area contributed by atoms with Crippen LogP contribution in [0.4, 0.5) is 0 Å². The summed E-state index contributed by atoms with van der Waals surface area (Å²) in [6.45, 7) is 0. The van der Waals surface area contributed by atoms with Crippen LogP contribution in [0.1, 0.15) is 0 Å². The van der Waals surface area contributed by atoms with Gasteiger partial charge in [0, 0.05) is 0 Å². The summed E-state index contributed by atoms with van der Waals surface area (Å²) in [5, 5.41) is 0. The third-order valence-electron chi connectivity index (χ3n) is 0.928.